The Bertz CT molecular complexity index is 1630. The zero-order valence-corrected chi connectivity index (χ0v) is 24.9. The summed E-state index contributed by atoms with van der Waals surface area (Å²) in [6.45, 7) is 5.06. The van der Waals surface area contributed by atoms with Gasteiger partial charge in [-0.1, -0.05) is 19.1 Å². The Morgan fingerprint density at radius 2 is 1.91 bits per heavy atom. The fourth-order valence-electron chi connectivity index (χ4n) is 5.20. The van der Waals surface area contributed by atoms with Crippen molar-refractivity contribution in [2.75, 3.05) is 7.11 Å². The van der Waals surface area contributed by atoms with E-state index in [1.54, 1.807) is 44.2 Å². The van der Waals surface area contributed by atoms with Gasteiger partial charge in [0.25, 0.3) is 5.69 Å². The lowest BCUT2D eigenvalue weighted by Crippen LogP contribution is -2.38. The zero-order chi connectivity index (χ0) is 32.7. The minimum atomic E-state index is -1.29. The summed E-state index contributed by atoms with van der Waals surface area (Å²) in [6, 6.07) is 12.5. The minimum Gasteiger partial charge on any atom is -0.468 e. The average molecular weight is 618 g/mol. The molecular weight excluding hydrogens is 586 g/mol. The summed E-state index contributed by atoms with van der Waals surface area (Å²) in [4.78, 5) is 64.6. The van der Waals surface area contributed by atoms with Crippen molar-refractivity contribution >= 4 is 41.4 Å². The third-order valence-electron chi connectivity index (χ3n) is 7.28. The second kappa shape index (κ2) is 14.2. The molecule has 0 aliphatic carbocycles. The number of carbonyl (C=O) groups excluding carboxylic acids is 4. The Morgan fingerprint density at radius 3 is 2.56 bits per heavy atom. The van der Waals surface area contributed by atoms with Crippen molar-refractivity contribution in [3.8, 4) is 5.75 Å². The van der Waals surface area contributed by atoms with Crippen LogP contribution in [0.5, 0.6) is 5.75 Å². The third-order valence-corrected chi connectivity index (χ3v) is 7.28. The Hall–Kier alpha value is -5.66. The molecule has 0 saturated carbocycles. The first kappa shape index (κ1) is 32.3. The van der Waals surface area contributed by atoms with E-state index in [0.717, 1.165) is 11.3 Å². The largest absolute Gasteiger partial charge is 0.468 e. The number of hydrogen-bond donors (Lipinski definition) is 2. The molecule has 2 N–H and O–H groups in total. The molecule has 2 heterocycles. The van der Waals surface area contributed by atoms with E-state index in [1.165, 1.54) is 37.6 Å². The standard InChI is InChI=1S/C31H31N5O9/c1-17-14-24(38)34-35-29(17)20-8-10-23(11-9-20)44-13-12-25(32-16-37)45-31(40)27-19(3)33-18(2)26(30(39)43-4)28(27)21-6-5-7-22(15-21)36(41)42/h5-13,15-17,25-26,28H,14H2,1-4H3,(H,32,37)(H,34,38). The summed E-state index contributed by atoms with van der Waals surface area (Å²) >= 11 is 0. The van der Waals surface area contributed by atoms with Gasteiger partial charge in [-0.3, -0.25) is 29.5 Å². The van der Waals surface area contributed by atoms with Crippen molar-refractivity contribution in [3.63, 3.8) is 0 Å². The van der Waals surface area contributed by atoms with Crippen LogP contribution in [-0.4, -0.2) is 53.9 Å². The molecule has 0 bridgehead atoms. The summed E-state index contributed by atoms with van der Waals surface area (Å²) in [6.07, 6.45) is 1.90. The smallest absolute Gasteiger partial charge is 0.338 e. The number of rotatable bonds is 11. The topological polar surface area (TPSA) is 188 Å². The van der Waals surface area contributed by atoms with Crippen LogP contribution in [0, 0.1) is 22.0 Å². The van der Waals surface area contributed by atoms with Crippen LogP contribution in [0.15, 0.2) is 82.2 Å². The number of nitrogens with one attached hydrogen (secondary N) is 2. The number of nitro groups is 1. The fourth-order valence-corrected chi connectivity index (χ4v) is 5.20. The molecule has 0 radical (unpaired) electrons. The first-order chi connectivity index (χ1) is 21.5. The first-order valence-corrected chi connectivity index (χ1v) is 13.8. The van der Waals surface area contributed by atoms with E-state index in [-0.39, 0.29) is 28.8 Å². The molecule has 0 fully saturated rings. The third kappa shape index (κ3) is 7.47. The molecule has 2 aliphatic heterocycles. The van der Waals surface area contributed by atoms with Gasteiger partial charge in [0, 0.05) is 47.9 Å². The number of nitro benzene ring substituents is 1. The number of non-ortho nitro benzene ring substituents is 1. The van der Waals surface area contributed by atoms with E-state index in [2.05, 4.69) is 20.8 Å². The Balaban J connectivity index is 1.55. The van der Waals surface area contributed by atoms with Crippen molar-refractivity contribution in [1.82, 2.24) is 10.7 Å². The van der Waals surface area contributed by atoms with E-state index >= 15 is 0 Å². The molecule has 0 spiro atoms. The summed E-state index contributed by atoms with van der Waals surface area (Å²) in [5, 5.41) is 18.0. The van der Waals surface area contributed by atoms with Gasteiger partial charge in [-0.05, 0) is 49.2 Å². The molecule has 234 valence electrons. The van der Waals surface area contributed by atoms with Crippen molar-refractivity contribution in [2.24, 2.45) is 21.9 Å². The van der Waals surface area contributed by atoms with Crippen molar-refractivity contribution < 1.29 is 38.3 Å². The van der Waals surface area contributed by atoms with Gasteiger partial charge in [-0.2, -0.15) is 5.10 Å². The Morgan fingerprint density at radius 1 is 1.18 bits per heavy atom. The van der Waals surface area contributed by atoms with E-state index in [1.807, 2.05) is 6.92 Å². The van der Waals surface area contributed by atoms with Crippen molar-refractivity contribution in [3.05, 3.63) is 93.4 Å². The highest BCUT2D eigenvalue weighted by Crippen LogP contribution is 2.41. The molecule has 2 aromatic carbocycles. The van der Waals surface area contributed by atoms with E-state index in [9.17, 15) is 29.3 Å². The maximum Gasteiger partial charge on any atom is 0.338 e. The molecule has 2 aromatic rings. The van der Waals surface area contributed by atoms with Gasteiger partial charge in [0.1, 0.15) is 11.7 Å². The summed E-state index contributed by atoms with van der Waals surface area (Å²) in [5.41, 5.74) is 4.65. The van der Waals surface area contributed by atoms with Gasteiger partial charge in [0.2, 0.25) is 12.3 Å². The van der Waals surface area contributed by atoms with Crippen LogP contribution in [0.25, 0.3) is 0 Å². The fraction of sp³-hybridized carbons (Fsp3) is 0.290. The molecule has 2 amide bonds. The molecule has 4 unspecified atom stereocenters. The predicted octanol–water partition coefficient (Wildman–Crippen LogP) is 3.28. The van der Waals surface area contributed by atoms with Crippen LogP contribution in [0.3, 0.4) is 0 Å². The van der Waals surface area contributed by atoms with Crippen molar-refractivity contribution in [2.45, 2.75) is 39.3 Å². The van der Waals surface area contributed by atoms with E-state index in [4.69, 9.17) is 14.2 Å². The number of aliphatic imine (C=N–C) groups is 1. The van der Waals surface area contributed by atoms with Gasteiger partial charge in [-0.15, -0.1) is 0 Å². The Labute approximate surface area is 258 Å². The number of esters is 2. The number of benzene rings is 2. The highest BCUT2D eigenvalue weighted by atomic mass is 16.6. The van der Waals surface area contributed by atoms with E-state index < -0.39 is 34.9 Å². The van der Waals surface area contributed by atoms with E-state index in [0.29, 0.717) is 29.9 Å². The predicted molar refractivity (Wildman–Crippen MR) is 161 cm³/mol. The zero-order valence-electron chi connectivity index (χ0n) is 24.9. The Kier molecular flexibility index (Phi) is 10.2. The molecular formula is C31H31N5O9. The van der Waals surface area contributed by atoms with Gasteiger partial charge >= 0.3 is 11.9 Å². The molecule has 2 aliphatic rings. The highest BCUT2D eigenvalue weighted by Gasteiger charge is 2.43. The second-order valence-electron chi connectivity index (χ2n) is 10.3. The monoisotopic (exact) mass is 617 g/mol. The van der Waals surface area contributed by atoms with Gasteiger partial charge < -0.3 is 19.5 Å². The number of methoxy groups -OCH3 is 1. The van der Waals surface area contributed by atoms with Crippen LogP contribution in [-0.2, 0) is 28.7 Å². The SMILES string of the molecule is COC(=O)C1C(C)=NC(C)=C(C(=O)OC(C=COc2ccc(C3=NNC(=O)CC3C)cc2)NC=O)C1c1cccc([N+](=O)[O-])c1. The number of hydrazone groups is 1. The van der Waals surface area contributed by atoms with Crippen molar-refractivity contribution in [1.29, 1.82) is 0 Å². The molecule has 4 rings (SSSR count). The van der Waals surface area contributed by atoms with Crippen LogP contribution < -0.4 is 15.5 Å². The number of allylic oxidation sites excluding steroid dienone is 1. The molecule has 14 heteroatoms. The van der Waals surface area contributed by atoms with Crippen LogP contribution in [0.1, 0.15) is 44.2 Å². The minimum absolute atomic E-state index is 0.0323. The normalized spacial score (nSPS) is 20.4. The summed E-state index contributed by atoms with van der Waals surface area (Å²) < 4.78 is 16.2. The van der Waals surface area contributed by atoms with Gasteiger partial charge in [-0.25, -0.2) is 10.2 Å². The molecule has 0 aromatic heterocycles. The first-order valence-electron chi connectivity index (χ1n) is 13.8. The number of hydrogen-bond acceptors (Lipinski definition) is 11. The van der Waals surface area contributed by atoms with Gasteiger partial charge in [0.15, 0.2) is 6.23 Å². The molecule has 14 nitrogen and oxygen atoms in total. The lowest BCUT2D eigenvalue weighted by Gasteiger charge is -2.31. The van der Waals surface area contributed by atoms with Crippen LogP contribution in [0.4, 0.5) is 5.69 Å². The molecule has 45 heavy (non-hydrogen) atoms. The number of ether oxygens (including phenoxy) is 3. The highest BCUT2D eigenvalue weighted by molar-refractivity contribution is 6.07. The maximum absolute atomic E-state index is 13.6. The van der Waals surface area contributed by atoms with Crippen LogP contribution in [0.2, 0.25) is 0 Å². The quantitative estimate of drug-likeness (QED) is 0.0952. The number of amides is 2. The maximum atomic E-state index is 13.6. The number of carbonyl (C=O) groups is 4. The lowest BCUT2D eigenvalue weighted by atomic mass is 9.75. The second-order valence-corrected chi connectivity index (χ2v) is 10.3. The summed E-state index contributed by atoms with van der Waals surface area (Å²) in [5.74, 6) is -3.46. The molecule has 4 atom stereocenters. The molecule has 0 saturated heterocycles. The lowest BCUT2D eigenvalue weighted by molar-refractivity contribution is -0.384. The average Bonchev–Trinajstić information content (AvgIpc) is 3.01. The van der Waals surface area contributed by atoms with Gasteiger partial charge in [0.05, 0.1) is 29.6 Å². The summed E-state index contributed by atoms with van der Waals surface area (Å²) in [7, 11) is 1.19. The van der Waals surface area contributed by atoms with Crippen LogP contribution >= 0.6 is 0 Å². The number of nitrogens with zero attached hydrogens (tertiary/aromatic N) is 3.